The van der Waals surface area contributed by atoms with Crippen molar-refractivity contribution in [2.75, 3.05) is 18.5 Å². The van der Waals surface area contributed by atoms with Crippen LogP contribution in [0, 0.1) is 12.8 Å². The zero-order valence-corrected chi connectivity index (χ0v) is 19.7. The van der Waals surface area contributed by atoms with Crippen LogP contribution in [-0.2, 0) is 13.1 Å². The van der Waals surface area contributed by atoms with Crippen molar-refractivity contribution in [1.29, 1.82) is 0 Å². The molecule has 0 saturated carbocycles. The molecule has 0 bridgehead atoms. The number of ether oxygens (including phenoxy) is 1. The normalized spacial score (nSPS) is 11.1. The van der Waals surface area contributed by atoms with Gasteiger partial charge in [0.15, 0.2) is 5.69 Å². The molecule has 1 amide bonds. The van der Waals surface area contributed by atoms with Crippen molar-refractivity contribution in [2.45, 2.75) is 40.8 Å². The van der Waals surface area contributed by atoms with Crippen LogP contribution in [0.4, 0.5) is 5.82 Å². The maximum atomic E-state index is 12.7. The molecular formula is C24H30ClN5O2. The average molecular weight is 456 g/mol. The number of nitrogens with zero attached hydrogens (tertiary/aromatic N) is 3. The molecule has 8 heteroatoms. The number of amides is 1. The van der Waals surface area contributed by atoms with Crippen molar-refractivity contribution in [3.63, 3.8) is 0 Å². The number of anilines is 1. The second-order valence-electron chi connectivity index (χ2n) is 8.07. The first-order valence-electron chi connectivity index (χ1n) is 10.8. The van der Waals surface area contributed by atoms with Crippen molar-refractivity contribution in [3.8, 4) is 5.75 Å². The topological polar surface area (TPSA) is 81.1 Å². The molecule has 0 aliphatic rings. The lowest BCUT2D eigenvalue weighted by molar-refractivity contribution is 0.102. The summed E-state index contributed by atoms with van der Waals surface area (Å²) in [5.74, 6) is 1.36. The van der Waals surface area contributed by atoms with Gasteiger partial charge >= 0.3 is 0 Å². The monoisotopic (exact) mass is 455 g/mol. The third-order valence-electron chi connectivity index (χ3n) is 4.77. The molecule has 0 fully saturated rings. The molecule has 0 aliphatic heterocycles. The SMILES string of the molecule is CCNCc1ccc(NC(=O)c2cc(C)n(Cc3cc(Cl)ccc3OCC(C)C)n2)nc1. The maximum absolute atomic E-state index is 12.7. The lowest BCUT2D eigenvalue weighted by Gasteiger charge is -2.14. The van der Waals surface area contributed by atoms with Crippen molar-refractivity contribution in [3.05, 3.63) is 70.1 Å². The van der Waals surface area contributed by atoms with Gasteiger partial charge in [0.25, 0.3) is 5.91 Å². The van der Waals surface area contributed by atoms with E-state index in [4.69, 9.17) is 16.3 Å². The Balaban J connectivity index is 1.71. The van der Waals surface area contributed by atoms with Crippen molar-refractivity contribution < 1.29 is 9.53 Å². The van der Waals surface area contributed by atoms with Gasteiger partial charge in [-0.3, -0.25) is 9.48 Å². The summed E-state index contributed by atoms with van der Waals surface area (Å²) in [4.78, 5) is 17.0. The van der Waals surface area contributed by atoms with Gasteiger partial charge in [0, 0.05) is 29.0 Å². The minimum atomic E-state index is -0.304. The predicted octanol–water partition coefficient (Wildman–Crippen LogP) is 4.68. The number of rotatable bonds is 10. The maximum Gasteiger partial charge on any atom is 0.277 e. The number of aromatic nitrogens is 3. The van der Waals surface area contributed by atoms with E-state index in [1.807, 2.05) is 31.2 Å². The van der Waals surface area contributed by atoms with Crippen LogP contribution in [0.15, 0.2) is 42.6 Å². The highest BCUT2D eigenvalue weighted by atomic mass is 35.5. The minimum absolute atomic E-state index is 0.304. The Kier molecular flexibility index (Phi) is 8.25. The highest BCUT2D eigenvalue weighted by Crippen LogP contribution is 2.25. The molecule has 2 heterocycles. The second kappa shape index (κ2) is 11.1. The van der Waals surface area contributed by atoms with Crippen LogP contribution < -0.4 is 15.4 Å². The fourth-order valence-corrected chi connectivity index (χ4v) is 3.26. The fraction of sp³-hybridized carbons (Fsp3) is 0.375. The van der Waals surface area contributed by atoms with Crippen LogP contribution in [0.2, 0.25) is 5.02 Å². The largest absolute Gasteiger partial charge is 0.493 e. The first-order chi connectivity index (χ1) is 15.4. The highest BCUT2D eigenvalue weighted by molar-refractivity contribution is 6.30. The summed E-state index contributed by atoms with van der Waals surface area (Å²) >= 11 is 6.21. The molecule has 3 aromatic rings. The molecule has 0 atom stereocenters. The number of benzene rings is 1. The molecule has 2 aromatic heterocycles. The van der Waals surface area contributed by atoms with E-state index in [2.05, 4.69) is 41.5 Å². The smallest absolute Gasteiger partial charge is 0.277 e. The average Bonchev–Trinajstić information content (AvgIpc) is 3.13. The number of carbonyl (C=O) groups excluding carboxylic acids is 1. The van der Waals surface area contributed by atoms with Gasteiger partial charge in [0.1, 0.15) is 11.6 Å². The molecule has 0 unspecified atom stereocenters. The van der Waals surface area contributed by atoms with Crippen LogP contribution in [0.5, 0.6) is 5.75 Å². The summed E-state index contributed by atoms with van der Waals surface area (Å²) < 4.78 is 7.71. The molecule has 0 saturated heterocycles. The Bertz CT molecular complexity index is 1050. The molecule has 32 heavy (non-hydrogen) atoms. The number of carbonyl (C=O) groups is 1. The van der Waals surface area contributed by atoms with Gasteiger partial charge in [0.2, 0.25) is 0 Å². The summed E-state index contributed by atoms with van der Waals surface area (Å²) in [5.41, 5.74) is 3.16. The van der Waals surface area contributed by atoms with E-state index in [9.17, 15) is 4.79 Å². The van der Waals surface area contributed by atoms with E-state index in [1.165, 1.54) is 0 Å². The molecule has 7 nitrogen and oxygen atoms in total. The highest BCUT2D eigenvalue weighted by Gasteiger charge is 2.15. The van der Waals surface area contributed by atoms with Crippen LogP contribution in [0.1, 0.15) is 48.1 Å². The van der Waals surface area contributed by atoms with Gasteiger partial charge < -0.3 is 15.4 Å². The number of hydrogen-bond acceptors (Lipinski definition) is 5. The molecule has 0 aliphatic carbocycles. The second-order valence-corrected chi connectivity index (χ2v) is 8.51. The van der Waals surface area contributed by atoms with Crippen molar-refractivity contribution in [2.24, 2.45) is 5.92 Å². The Morgan fingerprint density at radius 2 is 2.03 bits per heavy atom. The zero-order chi connectivity index (χ0) is 23.1. The lowest BCUT2D eigenvalue weighted by atomic mass is 10.2. The van der Waals surface area contributed by atoms with Crippen LogP contribution in [0.25, 0.3) is 0 Å². The third kappa shape index (κ3) is 6.55. The Morgan fingerprint density at radius 3 is 2.72 bits per heavy atom. The van der Waals surface area contributed by atoms with Gasteiger partial charge in [-0.15, -0.1) is 0 Å². The van der Waals surface area contributed by atoms with Gasteiger partial charge in [-0.05, 0) is 55.3 Å². The van der Waals surface area contributed by atoms with Crippen molar-refractivity contribution >= 4 is 23.3 Å². The predicted molar refractivity (Wildman–Crippen MR) is 127 cm³/mol. The van der Waals surface area contributed by atoms with Gasteiger partial charge in [-0.25, -0.2) is 4.98 Å². The van der Waals surface area contributed by atoms with E-state index >= 15 is 0 Å². The minimum Gasteiger partial charge on any atom is -0.493 e. The van der Waals surface area contributed by atoms with E-state index in [0.29, 0.717) is 35.6 Å². The van der Waals surface area contributed by atoms with Gasteiger partial charge in [0.05, 0.1) is 13.2 Å². The number of aryl methyl sites for hydroxylation is 1. The van der Waals surface area contributed by atoms with Gasteiger partial charge in [-0.2, -0.15) is 5.10 Å². The first-order valence-corrected chi connectivity index (χ1v) is 11.2. The fourth-order valence-electron chi connectivity index (χ4n) is 3.06. The summed E-state index contributed by atoms with van der Waals surface area (Å²) in [7, 11) is 0. The Labute approximate surface area is 194 Å². The van der Waals surface area contributed by atoms with E-state index in [0.717, 1.165) is 35.7 Å². The number of hydrogen-bond donors (Lipinski definition) is 2. The Morgan fingerprint density at radius 1 is 1.22 bits per heavy atom. The van der Waals surface area contributed by atoms with E-state index < -0.39 is 0 Å². The van der Waals surface area contributed by atoms with Crippen molar-refractivity contribution in [1.82, 2.24) is 20.1 Å². The van der Waals surface area contributed by atoms with E-state index in [-0.39, 0.29) is 5.91 Å². The summed E-state index contributed by atoms with van der Waals surface area (Å²) in [6, 6.07) is 11.0. The Hall–Kier alpha value is -2.90. The molecule has 170 valence electrons. The number of pyridine rings is 1. The van der Waals surface area contributed by atoms with Crippen LogP contribution >= 0.6 is 11.6 Å². The van der Waals surface area contributed by atoms with Crippen LogP contribution in [-0.4, -0.2) is 33.8 Å². The first kappa shape index (κ1) is 23.8. The number of nitrogens with one attached hydrogen (secondary N) is 2. The lowest BCUT2D eigenvalue weighted by Crippen LogP contribution is -2.15. The third-order valence-corrected chi connectivity index (χ3v) is 5.01. The molecule has 0 spiro atoms. The summed E-state index contributed by atoms with van der Waals surface area (Å²) in [5, 5.41) is 11.2. The summed E-state index contributed by atoms with van der Waals surface area (Å²) in [6.07, 6.45) is 1.75. The molecule has 0 radical (unpaired) electrons. The standard InChI is InChI=1S/C24H30ClN5O2/c1-5-26-12-18-6-9-23(27-13-18)28-24(31)21-10-17(4)30(29-21)14-19-11-20(25)7-8-22(19)32-15-16(2)3/h6-11,13,16,26H,5,12,14-15H2,1-4H3,(H,27,28,31). The molecular weight excluding hydrogens is 426 g/mol. The molecule has 2 N–H and O–H groups in total. The summed E-state index contributed by atoms with van der Waals surface area (Å²) in [6.45, 7) is 10.9. The van der Waals surface area contributed by atoms with Crippen LogP contribution in [0.3, 0.4) is 0 Å². The zero-order valence-electron chi connectivity index (χ0n) is 19.0. The molecule has 1 aromatic carbocycles. The number of halogens is 1. The van der Waals surface area contributed by atoms with Gasteiger partial charge in [-0.1, -0.05) is 38.4 Å². The molecule has 3 rings (SSSR count). The van der Waals surface area contributed by atoms with E-state index in [1.54, 1.807) is 23.0 Å². The quantitative estimate of drug-likeness (QED) is 0.463.